The lowest BCUT2D eigenvalue weighted by Gasteiger charge is -2.29. The van der Waals surface area contributed by atoms with Crippen LogP contribution in [0.4, 0.5) is 35.4 Å². The molecule has 0 bridgehead atoms. The van der Waals surface area contributed by atoms with E-state index in [1.54, 1.807) is 54.8 Å². The number of alkyl halides is 3. The molecule has 0 radical (unpaired) electrons. The van der Waals surface area contributed by atoms with Crippen molar-refractivity contribution in [2.75, 3.05) is 47.8 Å². The van der Waals surface area contributed by atoms with Gasteiger partial charge in [-0.2, -0.15) is 18.2 Å². The summed E-state index contributed by atoms with van der Waals surface area (Å²) in [6.45, 7) is 9.69. The largest absolute Gasteiger partial charge is 0.471 e. The van der Waals surface area contributed by atoms with Gasteiger partial charge >= 0.3 is 24.1 Å². The van der Waals surface area contributed by atoms with Crippen LogP contribution in [0.25, 0.3) is 0 Å². The summed E-state index contributed by atoms with van der Waals surface area (Å²) in [5, 5.41) is 3.22. The van der Waals surface area contributed by atoms with Crippen molar-refractivity contribution in [2.24, 2.45) is 0 Å². The maximum atomic E-state index is 14.1. The molecular weight excluding hydrogens is 705 g/mol. The van der Waals surface area contributed by atoms with Crippen molar-refractivity contribution in [1.82, 2.24) is 14.9 Å². The summed E-state index contributed by atoms with van der Waals surface area (Å²) in [6, 6.07) is 10.6. The zero-order valence-electron chi connectivity index (χ0n) is 29.6. The maximum Gasteiger partial charge on any atom is 0.471 e. The first-order chi connectivity index (χ1) is 24.5. The van der Waals surface area contributed by atoms with Crippen molar-refractivity contribution >= 4 is 52.8 Å². The predicted octanol–water partition coefficient (Wildman–Crippen LogP) is 6.71. The highest BCUT2D eigenvalue weighted by atomic mass is 35.5. The number of aromatic nitrogens is 2. The lowest BCUT2D eigenvalue weighted by molar-refractivity contribution is -0.170. The van der Waals surface area contributed by atoms with Gasteiger partial charge in [-0.15, -0.1) is 0 Å². The minimum absolute atomic E-state index is 0.0146. The van der Waals surface area contributed by atoms with E-state index < -0.39 is 53.8 Å². The van der Waals surface area contributed by atoms with Gasteiger partial charge in [-0.25, -0.2) is 14.6 Å². The number of nitrogens with one attached hydrogen (secondary N) is 1. The van der Waals surface area contributed by atoms with Gasteiger partial charge in [0.1, 0.15) is 23.1 Å². The number of ether oxygens (including phenoxy) is 2. The van der Waals surface area contributed by atoms with E-state index in [1.165, 1.54) is 24.3 Å². The van der Waals surface area contributed by atoms with Gasteiger partial charge in [0.15, 0.2) is 11.6 Å². The van der Waals surface area contributed by atoms with Crippen molar-refractivity contribution in [1.29, 1.82) is 0 Å². The van der Waals surface area contributed by atoms with E-state index in [1.807, 2.05) is 13.8 Å². The molecule has 1 aliphatic heterocycles. The van der Waals surface area contributed by atoms with Crippen LogP contribution in [0.15, 0.2) is 54.7 Å². The Balaban J connectivity index is 1.74. The van der Waals surface area contributed by atoms with Gasteiger partial charge in [-0.1, -0.05) is 23.7 Å². The minimum atomic E-state index is -5.39. The molecule has 0 aliphatic carbocycles. The van der Waals surface area contributed by atoms with E-state index in [9.17, 15) is 32.3 Å². The van der Waals surface area contributed by atoms with Crippen molar-refractivity contribution in [2.45, 2.75) is 71.7 Å². The van der Waals surface area contributed by atoms with Crippen molar-refractivity contribution in [3.63, 3.8) is 0 Å². The summed E-state index contributed by atoms with van der Waals surface area (Å²) in [4.78, 5) is 64.7. The second kappa shape index (κ2) is 17.1. The van der Waals surface area contributed by atoms with Gasteiger partial charge in [-0.3, -0.25) is 14.5 Å². The number of amides is 2. The molecule has 4 rings (SSSR count). The fourth-order valence-electron chi connectivity index (χ4n) is 5.34. The summed E-state index contributed by atoms with van der Waals surface area (Å²) < 4.78 is 53.5. The third-order valence-electron chi connectivity index (χ3n) is 7.98. The fourth-order valence-corrected chi connectivity index (χ4v) is 5.47. The first-order valence-electron chi connectivity index (χ1n) is 16.8. The number of carbonyl (C=O) groups is 4. The van der Waals surface area contributed by atoms with E-state index in [0.717, 1.165) is 19.0 Å². The summed E-state index contributed by atoms with van der Waals surface area (Å²) in [6.07, 6.45) is -3.10. The van der Waals surface area contributed by atoms with Crippen molar-refractivity contribution in [3.05, 3.63) is 70.9 Å². The molecule has 1 N–H and O–H groups in total. The normalized spacial score (nSPS) is 13.7. The van der Waals surface area contributed by atoms with Crippen LogP contribution in [0.5, 0.6) is 5.75 Å². The van der Waals surface area contributed by atoms with E-state index >= 15 is 0 Å². The SMILES string of the molecule is CCN(CC)c1ncc(N(CC(=O)c2ccc(Cl)cc2)C(=O)C(F)(F)F)c(N[C@@H](Cc2ccc(OC(=O)N3CCCC3)cc2)C(=O)OC(C)(C)C)n1. The number of Topliss-reactive ketones (excluding diaryl/α,β-unsaturated/α-hetero) is 1. The molecule has 2 heterocycles. The Morgan fingerprint density at radius 1 is 0.962 bits per heavy atom. The average Bonchev–Trinajstić information content (AvgIpc) is 3.63. The highest BCUT2D eigenvalue weighted by Gasteiger charge is 2.45. The molecule has 3 aromatic rings. The molecular formula is C36H42ClF3N6O6. The fraction of sp³-hybridized carbons (Fsp3) is 0.444. The number of benzene rings is 2. The van der Waals surface area contributed by atoms with Crippen molar-refractivity contribution in [3.8, 4) is 5.75 Å². The first kappa shape index (κ1) is 39.9. The van der Waals surface area contributed by atoms with Crippen LogP contribution < -0.4 is 19.9 Å². The quantitative estimate of drug-likeness (QED) is 0.149. The Morgan fingerprint density at radius 3 is 2.13 bits per heavy atom. The second-order valence-corrected chi connectivity index (χ2v) is 13.5. The molecule has 0 unspecified atom stereocenters. The molecule has 280 valence electrons. The number of rotatable bonds is 13. The summed E-state index contributed by atoms with van der Waals surface area (Å²) in [5.41, 5.74) is -0.849. The standard InChI is InChI=1S/C36H42ClF3N6O6/c1-6-44(7-2)33-41-21-28(46(32(49)36(38,39)40)22-29(47)24-12-14-25(37)15-13-24)30(43-33)42-27(31(48)52-35(3,4)5)20-23-10-16-26(17-11-23)51-34(50)45-18-8-9-19-45/h10-17,21,27H,6-9,18-20,22H2,1-5H3,(H,41,42,43)/t27-/m0/s1. The molecule has 1 aromatic heterocycles. The molecule has 1 fully saturated rings. The van der Waals surface area contributed by atoms with Gasteiger partial charge in [0.25, 0.3) is 0 Å². The molecule has 52 heavy (non-hydrogen) atoms. The molecule has 0 spiro atoms. The zero-order chi connectivity index (χ0) is 38.2. The molecule has 2 amide bonds. The number of hydrogen-bond acceptors (Lipinski definition) is 10. The molecule has 1 atom stereocenters. The van der Waals surface area contributed by atoms with E-state index in [2.05, 4.69) is 15.3 Å². The monoisotopic (exact) mass is 746 g/mol. The zero-order valence-corrected chi connectivity index (χ0v) is 30.4. The van der Waals surface area contributed by atoms with Crippen LogP contribution in [-0.4, -0.2) is 89.2 Å². The predicted molar refractivity (Wildman–Crippen MR) is 190 cm³/mol. The maximum absolute atomic E-state index is 14.1. The van der Waals surface area contributed by atoms with Crippen LogP contribution in [0.1, 0.15) is 63.4 Å². The average molecular weight is 747 g/mol. The highest BCUT2D eigenvalue weighted by molar-refractivity contribution is 6.30. The van der Waals surface area contributed by atoms with Gasteiger partial charge < -0.3 is 24.6 Å². The Bertz CT molecular complexity index is 1720. The molecule has 2 aromatic carbocycles. The Labute approximate surface area is 305 Å². The Morgan fingerprint density at radius 2 is 1.58 bits per heavy atom. The van der Waals surface area contributed by atoms with Gasteiger partial charge in [0, 0.05) is 43.2 Å². The Hall–Kier alpha value is -4.92. The second-order valence-electron chi connectivity index (χ2n) is 13.0. The Kier molecular flexibility index (Phi) is 13.1. The number of esters is 1. The summed E-state index contributed by atoms with van der Waals surface area (Å²) in [7, 11) is 0. The molecule has 1 saturated heterocycles. The number of carbonyl (C=O) groups excluding carboxylic acids is 4. The van der Waals surface area contributed by atoms with Gasteiger partial charge in [0.2, 0.25) is 5.95 Å². The third kappa shape index (κ3) is 10.8. The molecule has 1 aliphatic rings. The van der Waals surface area contributed by atoms with Crippen LogP contribution in [-0.2, 0) is 20.7 Å². The molecule has 0 saturated carbocycles. The smallest absolute Gasteiger partial charge is 0.458 e. The number of anilines is 3. The van der Waals surface area contributed by atoms with Crippen molar-refractivity contribution < 1.29 is 41.8 Å². The number of likely N-dealkylation sites (tertiary alicyclic amines) is 1. The van der Waals surface area contributed by atoms with Crippen LogP contribution >= 0.6 is 11.6 Å². The highest BCUT2D eigenvalue weighted by Crippen LogP contribution is 2.32. The number of hydrogen-bond donors (Lipinski definition) is 1. The topological polar surface area (TPSA) is 134 Å². The van der Waals surface area contributed by atoms with Crippen LogP contribution in [0.3, 0.4) is 0 Å². The number of halogens is 4. The minimum Gasteiger partial charge on any atom is -0.458 e. The van der Waals surface area contributed by atoms with Crippen LogP contribution in [0, 0.1) is 0 Å². The summed E-state index contributed by atoms with van der Waals surface area (Å²) >= 11 is 5.92. The molecule has 12 nitrogen and oxygen atoms in total. The van der Waals surface area contributed by atoms with E-state index in [0.29, 0.717) is 36.8 Å². The first-order valence-corrected chi connectivity index (χ1v) is 17.2. The van der Waals surface area contributed by atoms with E-state index in [-0.39, 0.29) is 34.4 Å². The van der Waals surface area contributed by atoms with Gasteiger partial charge in [-0.05, 0) is 89.4 Å². The lowest BCUT2D eigenvalue weighted by Crippen LogP contribution is -2.45. The lowest BCUT2D eigenvalue weighted by atomic mass is 10.0. The molecule has 16 heteroatoms. The summed E-state index contributed by atoms with van der Waals surface area (Å²) in [5.74, 6) is -3.85. The van der Waals surface area contributed by atoms with Crippen LogP contribution in [0.2, 0.25) is 5.02 Å². The number of ketones is 1. The van der Waals surface area contributed by atoms with E-state index in [4.69, 9.17) is 21.1 Å². The number of nitrogens with zero attached hydrogens (tertiary/aromatic N) is 5. The van der Waals surface area contributed by atoms with Gasteiger partial charge in [0.05, 0.1) is 12.7 Å². The third-order valence-corrected chi connectivity index (χ3v) is 8.24.